The van der Waals surface area contributed by atoms with E-state index in [1.54, 1.807) is 12.1 Å². The average molecular weight is 292 g/mol. The summed E-state index contributed by atoms with van der Waals surface area (Å²) in [4.78, 5) is 24.0. The number of nitrogens with one attached hydrogen (secondary N) is 2. The normalized spacial score (nSPS) is 16.5. The summed E-state index contributed by atoms with van der Waals surface area (Å²) >= 11 is 0. The van der Waals surface area contributed by atoms with Crippen LogP contribution in [0.4, 0.5) is 4.39 Å². The van der Waals surface area contributed by atoms with Crippen molar-refractivity contribution in [3.8, 4) is 0 Å². The van der Waals surface area contributed by atoms with Gasteiger partial charge in [0.05, 0.1) is 12.0 Å². The van der Waals surface area contributed by atoms with E-state index in [1.807, 2.05) is 6.92 Å². The molecule has 1 saturated carbocycles. The van der Waals surface area contributed by atoms with Gasteiger partial charge >= 0.3 is 0 Å². The van der Waals surface area contributed by atoms with Gasteiger partial charge in [0.25, 0.3) is 0 Å². The fourth-order valence-electron chi connectivity index (χ4n) is 2.98. The van der Waals surface area contributed by atoms with Crippen LogP contribution in [0.2, 0.25) is 0 Å². The molecule has 0 saturated heterocycles. The van der Waals surface area contributed by atoms with Gasteiger partial charge in [-0.25, -0.2) is 4.39 Å². The molecule has 2 rings (SSSR count). The second kappa shape index (κ2) is 6.70. The Labute approximate surface area is 124 Å². The Morgan fingerprint density at radius 2 is 1.76 bits per heavy atom. The van der Waals surface area contributed by atoms with Crippen LogP contribution in [-0.4, -0.2) is 24.9 Å². The van der Waals surface area contributed by atoms with Crippen molar-refractivity contribution < 1.29 is 14.0 Å². The summed E-state index contributed by atoms with van der Waals surface area (Å²) in [5.41, 5.74) is 0.204. The Balaban J connectivity index is 2.12. The maximum absolute atomic E-state index is 13.1. The lowest BCUT2D eigenvalue weighted by atomic mass is 9.78. The molecular weight excluding hydrogens is 271 g/mol. The molecule has 114 valence electrons. The second-order valence-electron chi connectivity index (χ2n) is 5.43. The lowest BCUT2D eigenvalue weighted by Gasteiger charge is -2.28. The highest BCUT2D eigenvalue weighted by Gasteiger charge is 2.42. The van der Waals surface area contributed by atoms with E-state index in [1.165, 1.54) is 12.1 Å². The van der Waals surface area contributed by atoms with Crippen LogP contribution in [-0.2, 0) is 15.0 Å². The van der Waals surface area contributed by atoms with E-state index < -0.39 is 5.41 Å². The van der Waals surface area contributed by atoms with Crippen LogP contribution in [0, 0.1) is 5.82 Å². The standard InChI is InChI=1S/C16H21FN2O2/c1-2-18-14(20)11-19-15(21)16(9-3-4-10-16)12-5-7-13(17)8-6-12/h5-8H,2-4,9-11H2,1H3,(H,18,20)(H,19,21). The zero-order valence-electron chi connectivity index (χ0n) is 12.2. The SMILES string of the molecule is CCNC(=O)CNC(=O)C1(c2ccc(F)cc2)CCCC1. The zero-order chi connectivity index (χ0) is 15.3. The molecule has 0 aliphatic heterocycles. The van der Waals surface area contributed by atoms with Gasteiger partial charge in [0.1, 0.15) is 5.82 Å². The van der Waals surface area contributed by atoms with Gasteiger partial charge in [-0.1, -0.05) is 25.0 Å². The fraction of sp³-hybridized carbons (Fsp3) is 0.500. The van der Waals surface area contributed by atoms with Crippen LogP contribution >= 0.6 is 0 Å². The van der Waals surface area contributed by atoms with E-state index in [0.717, 1.165) is 31.2 Å². The maximum atomic E-state index is 13.1. The molecule has 4 nitrogen and oxygen atoms in total. The first-order valence-corrected chi connectivity index (χ1v) is 7.39. The van der Waals surface area contributed by atoms with Crippen molar-refractivity contribution in [3.05, 3.63) is 35.6 Å². The van der Waals surface area contributed by atoms with Gasteiger partial charge < -0.3 is 10.6 Å². The van der Waals surface area contributed by atoms with E-state index in [0.29, 0.717) is 6.54 Å². The first-order chi connectivity index (χ1) is 10.1. The number of rotatable bonds is 5. The Morgan fingerprint density at radius 1 is 1.14 bits per heavy atom. The highest BCUT2D eigenvalue weighted by Crippen LogP contribution is 2.41. The fourth-order valence-corrected chi connectivity index (χ4v) is 2.98. The van der Waals surface area contributed by atoms with Crippen molar-refractivity contribution in [3.63, 3.8) is 0 Å². The number of carbonyl (C=O) groups excluding carboxylic acids is 2. The third-order valence-electron chi connectivity index (χ3n) is 4.07. The van der Waals surface area contributed by atoms with Crippen molar-refractivity contribution in [1.29, 1.82) is 0 Å². The summed E-state index contributed by atoms with van der Waals surface area (Å²) in [5.74, 6) is -0.648. The van der Waals surface area contributed by atoms with Crippen LogP contribution in [0.3, 0.4) is 0 Å². The summed E-state index contributed by atoms with van der Waals surface area (Å²) < 4.78 is 13.1. The molecule has 21 heavy (non-hydrogen) atoms. The molecule has 1 aliphatic rings. The first-order valence-electron chi connectivity index (χ1n) is 7.39. The number of carbonyl (C=O) groups is 2. The third-order valence-corrected chi connectivity index (χ3v) is 4.07. The number of halogens is 1. The number of amides is 2. The van der Waals surface area contributed by atoms with Crippen LogP contribution < -0.4 is 10.6 Å². The number of hydrogen-bond acceptors (Lipinski definition) is 2. The van der Waals surface area contributed by atoms with Gasteiger partial charge in [-0.2, -0.15) is 0 Å². The van der Waals surface area contributed by atoms with Gasteiger partial charge in [0.2, 0.25) is 11.8 Å². The Bertz CT molecular complexity index is 508. The molecule has 0 heterocycles. The van der Waals surface area contributed by atoms with Gasteiger partial charge in [0.15, 0.2) is 0 Å². The predicted molar refractivity (Wildman–Crippen MR) is 78.2 cm³/mol. The van der Waals surface area contributed by atoms with Gasteiger partial charge in [-0.3, -0.25) is 9.59 Å². The highest BCUT2D eigenvalue weighted by molar-refractivity contribution is 5.91. The van der Waals surface area contributed by atoms with Crippen molar-refractivity contribution in [2.24, 2.45) is 0 Å². The Morgan fingerprint density at radius 3 is 2.33 bits per heavy atom. The van der Waals surface area contributed by atoms with E-state index in [4.69, 9.17) is 0 Å². The first kappa shape index (κ1) is 15.5. The van der Waals surface area contributed by atoms with E-state index in [9.17, 15) is 14.0 Å². The predicted octanol–water partition coefficient (Wildman–Crippen LogP) is 1.89. The third kappa shape index (κ3) is 3.40. The zero-order valence-corrected chi connectivity index (χ0v) is 12.2. The van der Waals surface area contributed by atoms with Crippen LogP contribution in [0.25, 0.3) is 0 Å². The molecule has 0 aromatic heterocycles. The molecule has 0 unspecified atom stereocenters. The van der Waals surface area contributed by atoms with Crippen molar-refractivity contribution in [2.75, 3.05) is 13.1 Å². The Kier molecular flexibility index (Phi) is 4.94. The average Bonchev–Trinajstić information content (AvgIpc) is 2.96. The molecule has 0 atom stereocenters. The summed E-state index contributed by atoms with van der Waals surface area (Å²) in [6.45, 7) is 2.35. The summed E-state index contributed by atoms with van der Waals surface area (Å²) in [5, 5.41) is 5.37. The molecule has 0 spiro atoms. The number of likely N-dealkylation sites (N-methyl/N-ethyl adjacent to an activating group) is 1. The summed E-state index contributed by atoms with van der Waals surface area (Å²) in [6.07, 6.45) is 3.40. The minimum absolute atomic E-state index is 0.0182. The van der Waals surface area contributed by atoms with E-state index in [2.05, 4.69) is 10.6 Å². The summed E-state index contributed by atoms with van der Waals surface area (Å²) in [6, 6.07) is 6.11. The number of hydrogen-bond donors (Lipinski definition) is 2. The quantitative estimate of drug-likeness (QED) is 0.870. The molecule has 2 N–H and O–H groups in total. The molecule has 0 radical (unpaired) electrons. The van der Waals surface area contributed by atoms with E-state index >= 15 is 0 Å². The molecule has 1 aromatic carbocycles. The van der Waals surface area contributed by atoms with Crippen LogP contribution in [0.5, 0.6) is 0 Å². The molecule has 0 bridgehead atoms. The van der Waals surface area contributed by atoms with Crippen molar-refractivity contribution >= 4 is 11.8 Å². The molecular formula is C16H21FN2O2. The van der Waals surface area contributed by atoms with Crippen molar-refractivity contribution in [2.45, 2.75) is 38.0 Å². The van der Waals surface area contributed by atoms with Crippen LogP contribution in [0.1, 0.15) is 38.2 Å². The lowest BCUT2D eigenvalue weighted by Crippen LogP contribution is -2.46. The molecule has 5 heteroatoms. The molecule has 2 amide bonds. The molecule has 1 aliphatic carbocycles. The second-order valence-corrected chi connectivity index (χ2v) is 5.43. The van der Waals surface area contributed by atoms with Gasteiger partial charge in [0, 0.05) is 6.54 Å². The van der Waals surface area contributed by atoms with Gasteiger partial charge in [-0.15, -0.1) is 0 Å². The minimum atomic E-state index is -0.625. The largest absolute Gasteiger partial charge is 0.355 e. The lowest BCUT2D eigenvalue weighted by molar-refractivity contribution is -0.129. The molecule has 1 aromatic rings. The maximum Gasteiger partial charge on any atom is 0.239 e. The Hall–Kier alpha value is -1.91. The smallest absolute Gasteiger partial charge is 0.239 e. The minimum Gasteiger partial charge on any atom is -0.355 e. The monoisotopic (exact) mass is 292 g/mol. The molecule has 1 fully saturated rings. The van der Waals surface area contributed by atoms with E-state index in [-0.39, 0.29) is 24.2 Å². The highest BCUT2D eigenvalue weighted by atomic mass is 19.1. The van der Waals surface area contributed by atoms with Gasteiger partial charge in [-0.05, 0) is 37.5 Å². The van der Waals surface area contributed by atoms with Crippen LogP contribution in [0.15, 0.2) is 24.3 Å². The van der Waals surface area contributed by atoms with Crippen molar-refractivity contribution in [1.82, 2.24) is 10.6 Å². The number of benzene rings is 1. The topological polar surface area (TPSA) is 58.2 Å². The summed E-state index contributed by atoms with van der Waals surface area (Å²) in [7, 11) is 0.